The number of carboxylic acid groups (broad SMARTS) is 1. The fourth-order valence-corrected chi connectivity index (χ4v) is 3.98. The van der Waals surface area contributed by atoms with Crippen molar-refractivity contribution in [3.05, 3.63) is 0 Å². The molecule has 7 heteroatoms. The Morgan fingerprint density at radius 3 is 2.26 bits per heavy atom. The van der Waals surface area contributed by atoms with Crippen molar-refractivity contribution in [3.8, 4) is 0 Å². The number of carbonyl (C=O) groups is 2. The zero-order chi connectivity index (χ0) is 16.3. The van der Waals surface area contributed by atoms with Crippen LogP contribution in [0.2, 0.25) is 0 Å². The molecule has 23 heavy (non-hydrogen) atoms. The number of hydrogen-bond donors (Lipinski definition) is 3. The first-order chi connectivity index (χ1) is 11.1. The van der Waals surface area contributed by atoms with Crippen molar-refractivity contribution >= 4 is 12.0 Å². The van der Waals surface area contributed by atoms with Crippen LogP contribution in [0.25, 0.3) is 0 Å². The van der Waals surface area contributed by atoms with Crippen LogP contribution in [-0.4, -0.2) is 48.2 Å². The molecule has 1 aliphatic heterocycles. The summed E-state index contributed by atoms with van der Waals surface area (Å²) in [5.74, 6) is -1.47. The molecule has 3 fully saturated rings. The molecule has 1 unspecified atom stereocenters. The van der Waals surface area contributed by atoms with E-state index in [0.717, 1.165) is 32.1 Å². The van der Waals surface area contributed by atoms with Crippen molar-refractivity contribution in [2.75, 3.05) is 13.2 Å². The largest absolute Gasteiger partial charge is 0.481 e. The summed E-state index contributed by atoms with van der Waals surface area (Å²) in [6.45, 7) is 1.26. The van der Waals surface area contributed by atoms with E-state index in [1.54, 1.807) is 0 Å². The van der Waals surface area contributed by atoms with Gasteiger partial charge in [-0.1, -0.05) is 0 Å². The Labute approximate surface area is 136 Å². The number of rotatable bonds is 3. The van der Waals surface area contributed by atoms with Crippen molar-refractivity contribution < 1.29 is 24.2 Å². The van der Waals surface area contributed by atoms with Crippen LogP contribution < -0.4 is 10.6 Å². The van der Waals surface area contributed by atoms with E-state index in [1.807, 2.05) is 0 Å². The van der Waals surface area contributed by atoms with Crippen molar-refractivity contribution in [2.45, 2.75) is 69.2 Å². The predicted octanol–water partition coefficient (Wildman–Crippen LogP) is 1.61. The molecule has 3 aliphatic rings. The Morgan fingerprint density at radius 2 is 1.61 bits per heavy atom. The first kappa shape index (κ1) is 16.5. The minimum Gasteiger partial charge on any atom is -0.481 e. The Hall–Kier alpha value is -1.34. The third-order valence-corrected chi connectivity index (χ3v) is 5.23. The summed E-state index contributed by atoms with van der Waals surface area (Å²) in [5, 5.41) is 15.0. The quantitative estimate of drug-likeness (QED) is 0.732. The monoisotopic (exact) mass is 326 g/mol. The third-order valence-electron chi connectivity index (χ3n) is 5.23. The molecule has 0 aromatic rings. The Morgan fingerprint density at radius 1 is 0.957 bits per heavy atom. The van der Waals surface area contributed by atoms with Crippen LogP contribution in [0, 0.1) is 5.92 Å². The molecule has 2 aliphatic carbocycles. The van der Waals surface area contributed by atoms with Gasteiger partial charge in [-0.15, -0.1) is 0 Å². The number of carbonyl (C=O) groups excluding carboxylic acids is 1. The number of amides is 2. The van der Waals surface area contributed by atoms with Gasteiger partial charge in [-0.2, -0.15) is 0 Å². The molecule has 2 amide bonds. The van der Waals surface area contributed by atoms with Gasteiger partial charge >= 0.3 is 12.0 Å². The summed E-state index contributed by atoms with van der Waals surface area (Å²) in [5.41, 5.74) is 0. The Kier molecular flexibility index (Phi) is 5.06. The SMILES string of the molecule is O=C(NC1CCC(C(=O)O)CC1)NC1CCCC2(C1)OCCO2. The van der Waals surface area contributed by atoms with E-state index in [4.69, 9.17) is 14.6 Å². The van der Waals surface area contributed by atoms with Gasteiger partial charge < -0.3 is 25.2 Å². The lowest BCUT2D eigenvalue weighted by Crippen LogP contribution is -2.51. The summed E-state index contributed by atoms with van der Waals surface area (Å²) in [6, 6.07) is -0.0249. The second kappa shape index (κ2) is 7.05. The molecule has 7 nitrogen and oxygen atoms in total. The van der Waals surface area contributed by atoms with Gasteiger partial charge in [-0.05, 0) is 38.5 Å². The van der Waals surface area contributed by atoms with Crippen LogP contribution in [0.1, 0.15) is 51.4 Å². The van der Waals surface area contributed by atoms with Crippen molar-refractivity contribution in [2.24, 2.45) is 5.92 Å². The van der Waals surface area contributed by atoms with Crippen LogP contribution in [-0.2, 0) is 14.3 Å². The molecule has 3 N–H and O–H groups in total. The molecule has 2 saturated carbocycles. The minimum absolute atomic E-state index is 0.0669. The molecule has 3 rings (SSSR count). The highest BCUT2D eigenvalue weighted by Crippen LogP contribution is 2.35. The van der Waals surface area contributed by atoms with Crippen molar-refractivity contribution in [1.29, 1.82) is 0 Å². The maximum absolute atomic E-state index is 12.2. The molecule has 130 valence electrons. The highest BCUT2D eigenvalue weighted by Gasteiger charge is 2.41. The molecule has 1 saturated heterocycles. The summed E-state index contributed by atoms with van der Waals surface area (Å²) >= 11 is 0. The van der Waals surface area contributed by atoms with Gasteiger partial charge in [-0.3, -0.25) is 4.79 Å². The molecule has 0 aromatic heterocycles. The number of nitrogens with one attached hydrogen (secondary N) is 2. The molecular weight excluding hydrogens is 300 g/mol. The smallest absolute Gasteiger partial charge is 0.315 e. The van der Waals surface area contributed by atoms with Crippen molar-refractivity contribution in [1.82, 2.24) is 10.6 Å². The number of urea groups is 1. The maximum Gasteiger partial charge on any atom is 0.315 e. The fraction of sp³-hybridized carbons (Fsp3) is 0.875. The molecule has 1 heterocycles. The summed E-state index contributed by atoms with van der Waals surface area (Å²) in [7, 11) is 0. The van der Waals surface area contributed by atoms with Crippen LogP contribution >= 0.6 is 0 Å². The molecular formula is C16H26N2O5. The highest BCUT2D eigenvalue weighted by atomic mass is 16.7. The second-order valence-corrected chi connectivity index (χ2v) is 6.91. The van der Waals surface area contributed by atoms with Crippen LogP contribution in [0.3, 0.4) is 0 Å². The second-order valence-electron chi connectivity index (χ2n) is 6.91. The minimum atomic E-state index is -0.725. The van der Waals surface area contributed by atoms with Gasteiger partial charge in [0.2, 0.25) is 0 Å². The van der Waals surface area contributed by atoms with E-state index in [0.29, 0.717) is 32.5 Å². The first-order valence-electron chi connectivity index (χ1n) is 8.64. The van der Waals surface area contributed by atoms with E-state index in [9.17, 15) is 9.59 Å². The highest BCUT2D eigenvalue weighted by molar-refractivity contribution is 5.74. The average Bonchev–Trinajstić information content (AvgIpc) is 2.95. The van der Waals surface area contributed by atoms with Gasteiger partial charge in [0.25, 0.3) is 0 Å². The molecule has 1 spiro atoms. The van der Waals surface area contributed by atoms with Gasteiger partial charge in [0.05, 0.1) is 19.1 Å². The van der Waals surface area contributed by atoms with Crippen LogP contribution in [0.15, 0.2) is 0 Å². The number of hydrogen-bond acceptors (Lipinski definition) is 4. The van der Waals surface area contributed by atoms with Gasteiger partial charge in [0.15, 0.2) is 5.79 Å². The topological polar surface area (TPSA) is 96.9 Å². The summed E-state index contributed by atoms with van der Waals surface area (Å²) < 4.78 is 11.5. The van der Waals surface area contributed by atoms with Gasteiger partial charge in [0, 0.05) is 24.9 Å². The Bertz CT molecular complexity index is 442. The standard InChI is InChI=1S/C16H26N2O5/c19-14(20)11-3-5-12(6-4-11)17-15(21)18-13-2-1-7-16(10-13)22-8-9-23-16/h11-13H,1-10H2,(H,19,20)(H2,17,18,21). The summed E-state index contributed by atoms with van der Waals surface area (Å²) in [4.78, 5) is 23.1. The van der Waals surface area contributed by atoms with Crippen LogP contribution in [0.5, 0.6) is 0 Å². The lowest BCUT2D eigenvalue weighted by atomic mass is 9.86. The first-order valence-corrected chi connectivity index (χ1v) is 8.64. The zero-order valence-corrected chi connectivity index (χ0v) is 13.4. The lowest BCUT2D eigenvalue weighted by Gasteiger charge is -2.36. The van der Waals surface area contributed by atoms with Crippen LogP contribution in [0.4, 0.5) is 4.79 Å². The van der Waals surface area contributed by atoms with E-state index >= 15 is 0 Å². The summed E-state index contributed by atoms with van der Waals surface area (Å²) in [6.07, 6.45) is 6.24. The molecule has 0 bridgehead atoms. The number of ether oxygens (including phenoxy) is 2. The molecule has 0 aromatic carbocycles. The van der Waals surface area contributed by atoms with E-state index < -0.39 is 11.8 Å². The Balaban J connectivity index is 1.42. The fourth-order valence-electron chi connectivity index (χ4n) is 3.98. The van der Waals surface area contributed by atoms with E-state index in [-0.39, 0.29) is 24.0 Å². The third kappa shape index (κ3) is 4.14. The zero-order valence-electron chi connectivity index (χ0n) is 13.4. The normalized spacial score (nSPS) is 33.3. The molecule has 1 atom stereocenters. The van der Waals surface area contributed by atoms with E-state index in [2.05, 4.69) is 10.6 Å². The lowest BCUT2D eigenvalue weighted by molar-refractivity contribution is -0.181. The number of aliphatic carboxylic acids is 1. The number of carboxylic acids is 1. The van der Waals surface area contributed by atoms with Gasteiger partial charge in [0.1, 0.15) is 0 Å². The van der Waals surface area contributed by atoms with E-state index in [1.165, 1.54) is 0 Å². The maximum atomic E-state index is 12.2. The average molecular weight is 326 g/mol. The molecule has 0 radical (unpaired) electrons. The van der Waals surface area contributed by atoms with Gasteiger partial charge in [-0.25, -0.2) is 4.79 Å². The van der Waals surface area contributed by atoms with Crippen molar-refractivity contribution in [3.63, 3.8) is 0 Å². The predicted molar refractivity (Wildman–Crippen MR) is 81.9 cm³/mol.